The zero-order valence-electron chi connectivity index (χ0n) is 10.3. The molecule has 0 atom stereocenters. The van der Waals surface area contributed by atoms with Gasteiger partial charge in [0.1, 0.15) is 0 Å². The van der Waals surface area contributed by atoms with Gasteiger partial charge in [-0.1, -0.05) is 13.8 Å². The van der Waals surface area contributed by atoms with Crippen LogP contribution in [-0.2, 0) is 4.74 Å². The number of rotatable bonds is 9. The molecule has 15 heavy (non-hydrogen) atoms. The molecule has 1 N–H and O–H groups in total. The van der Waals surface area contributed by atoms with Crippen molar-refractivity contribution in [1.82, 2.24) is 10.2 Å². The van der Waals surface area contributed by atoms with Crippen LogP contribution in [0.2, 0.25) is 0 Å². The Morgan fingerprint density at radius 2 is 2.07 bits per heavy atom. The summed E-state index contributed by atoms with van der Waals surface area (Å²) in [6, 6.07) is 0. The Morgan fingerprint density at radius 3 is 2.60 bits per heavy atom. The van der Waals surface area contributed by atoms with Gasteiger partial charge in [-0.05, 0) is 32.4 Å². The molecule has 3 heteroatoms. The Balaban J connectivity index is 1.94. The summed E-state index contributed by atoms with van der Waals surface area (Å²) in [6.45, 7) is 10.8. The Kier molecular flexibility index (Phi) is 6.98. The van der Waals surface area contributed by atoms with Crippen LogP contribution in [0.4, 0.5) is 0 Å². The van der Waals surface area contributed by atoms with Gasteiger partial charge in [0.05, 0.1) is 12.7 Å². The molecule has 0 aromatic carbocycles. The summed E-state index contributed by atoms with van der Waals surface area (Å²) in [5.74, 6) is 0. The fourth-order valence-electron chi connectivity index (χ4n) is 1.73. The Hall–Kier alpha value is -0.120. The van der Waals surface area contributed by atoms with E-state index < -0.39 is 0 Å². The highest BCUT2D eigenvalue weighted by Crippen LogP contribution is 2.21. The molecule has 1 aliphatic rings. The van der Waals surface area contributed by atoms with Gasteiger partial charge in [0.25, 0.3) is 0 Å². The Labute approximate surface area is 94.2 Å². The van der Waals surface area contributed by atoms with Crippen molar-refractivity contribution in [1.29, 1.82) is 0 Å². The van der Waals surface area contributed by atoms with Crippen LogP contribution in [0.5, 0.6) is 0 Å². The van der Waals surface area contributed by atoms with E-state index in [2.05, 4.69) is 24.1 Å². The molecule has 3 nitrogen and oxygen atoms in total. The van der Waals surface area contributed by atoms with Crippen LogP contribution in [0.3, 0.4) is 0 Å². The summed E-state index contributed by atoms with van der Waals surface area (Å²) in [7, 11) is 0. The van der Waals surface area contributed by atoms with Crippen LogP contribution in [0.15, 0.2) is 0 Å². The number of nitrogens with zero attached hydrogens (tertiary/aromatic N) is 1. The second-order valence-electron chi connectivity index (χ2n) is 4.21. The Bertz CT molecular complexity index is 149. The van der Waals surface area contributed by atoms with Gasteiger partial charge in [0, 0.05) is 19.6 Å². The molecule has 1 rings (SSSR count). The lowest BCUT2D eigenvalue weighted by atomic mass is 9.96. The van der Waals surface area contributed by atoms with E-state index in [1.807, 2.05) is 0 Å². The van der Waals surface area contributed by atoms with E-state index >= 15 is 0 Å². The number of ether oxygens (including phenoxy) is 1. The van der Waals surface area contributed by atoms with E-state index in [9.17, 15) is 0 Å². The van der Waals surface area contributed by atoms with E-state index in [0.717, 1.165) is 39.3 Å². The maximum Gasteiger partial charge on any atom is 0.0597 e. The van der Waals surface area contributed by atoms with Crippen LogP contribution in [-0.4, -0.2) is 50.3 Å². The SMILES string of the molecule is CCNCCN(CC)CCOC1CCC1. The van der Waals surface area contributed by atoms with E-state index in [-0.39, 0.29) is 0 Å². The van der Waals surface area contributed by atoms with Crippen molar-refractivity contribution >= 4 is 0 Å². The van der Waals surface area contributed by atoms with Crippen LogP contribution in [0, 0.1) is 0 Å². The lowest BCUT2D eigenvalue weighted by molar-refractivity contribution is -0.00679. The minimum absolute atomic E-state index is 0.581. The maximum absolute atomic E-state index is 5.75. The van der Waals surface area contributed by atoms with Gasteiger partial charge in [-0.3, -0.25) is 0 Å². The second-order valence-corrected chi connectivity index (χ2v) is 4.21. The molecule has 0 saturated heterocycles. The van der Waals surface area contributed by atoms with Crippen molar-refractivity contribution in [2.75, 3.05) is 39.3 Å². The monoisotopic (exact) mass is 214 g/mol. The fraction of sp³-hybridized carbons (Fsp3) is 1.00. The van der Waals surface area contributed by atoms with Gasteiger partial charge in [-0.25, -0.2) is 0 Å². The topological polar surface area (TPSA) is 24.5 Å². The zero-order chi connectivity index (χ0) is 10.9. The van der Waals surface area contributed by atoms with Crippen molar-refractivity contribution in [3.63, 3.8) is 0 Å². The van der Waals surface area contributed by atoms with E-state index in [4.69, 9.17) is 4.74 Å². The molecular weight excluding hydrogens is 188 g/mol. The number of hydrogen-bond donors (Lipinski definition) is 1. The van der Waals surface area contributed by atoms with Crippen molar-refractivity contribution in [3.8, 4) is 0 Å². The molecule has 1 fully saturated rings. The normalized spacial score (nSPS) is 17.0. The third-order valence-electron chi connectivity index (χ3n) is 3.12. The predicted molar refractivity (Wildman–Crippen MR) is 64.2 cm³/mol. The van der Waals surface area contributed by atoms with Crippen molar-refractivity contribution in [2.45, 2.75) is 39.2 Å². The maximum atomic E-state index is 5.75. The predicted octanol–water partition coefficient (Wildman–Crippen LogP) is 1.49. The first-order valence-electron chi connectivity index (χ1n) is 6.41. The molecule has 0 aromatic heterocycles. The summed E-state index contributed by atoms with van der Waals surface area (Å²) < 4.78 is 5.75. The average Bonchev–Trinajstić information content (AvgIpc) is 2.19. The van der Waals surface area contributed by atoms with E-state index in [1.165, 1.54) is 19.3 Å². The van der Waals surface area contributed by atoms with Crippen LogP contribution in [0.1, 0.15) is 33.1 Å². The van der Waals surface area contributed by atoms with E-state index in [1.54, 1.807) is 0 Å². The highest BCUT2D eigenvalue weighted by Gasteiger charge is 2.17. The standard InChI is InChI=1S/C12H26N2O/c1-3-13-8-9-14(4-2)10-11-15-12-6-5-7-12/h12-13H,3-11H2,1-2H3. The molecule has 0 heterocycles. The molecule has 1 aliphatic carbocycles. The lowest BCUT2D eigenvalue weighted by Crippen LogP contribution is -2.35. The molecule has 0 amide bonds. The summed E-state index contributed by atoms with van der Waals surface area (Å²) in [5, 5.41) is 3.35. The summed E-state index contributed by atoms with van der Waals surface area (Å²) in [6.07, 6.45) is 4.51. The number of nitrogens with one attached hydrogen (secondary N) is 1. The van der Waals surface area contributed by atoms with Crippen molar-refractivity contribution < 1.29 is 4.74 Å². The van der Waals surface area contributed by atoms with E-state index in [0.29, 0.717) is 6.10 Å². The van der Waals surface area contributed by atoms with Crippen LogP contribution in [0.25, 0.3) is 0 Å². The first-order chi connectivity index (χ1) is 7.36. The third-order valence-corrected chi connectivity index (χ3v) is 3.12. The first kappa shape index (κ1) is 12.9. The highest BCUT2D eigenvalue weighted by molar-refractivity contribution is 4.69. The number of hydrogen-bond acceptors (Lipinski definition) is 3. The fourth-order valence-corrected chi connectivity index (χ4v) is 1.73. The van der Waals surface area contributed by atoms with Crippen LogP contribution < -0.4 is 5.32 Å². The van der Waals surface area contributed by atoms with Gasteiger partial charge < -0.3 is 15.0 Å². The van der Waals surface area contributed by atoms with Gasteiger partial charge in [0.15, 0.2) is 0 Å². The quantitative estimate of drug-likeness (QED) is 0.589. The van der Waals surface area contributed by atoms with Crippen molar-refractivity contribution in [3.05, 3.63) is 0 Å². The summed E-state index contributed by atoms with van der Waals surface area (Å²) in [4.78, 5) is 2.45. The van der Waals surface area contributed by atoms with Crippen LogP contribution >= 0.6 is 0 Å². The van der Waals surface area contributed by atoms with Gasteiger partial charge >= 0.3 is 0 Å². The summed E-state index contributed by atoms with van der Waals surface area (Å²) in [5.41, 5.74) is 0. The second kappa shape index (κ2) is 8.08. The first-order valence-corrected chi connectivity index (χ1v) is 6.41. The average molecular weight is 214 g/mol. The molecule has 0 aromatic rings. The molecule has 1 saturated carbocycles. The highest BCUT2D eigenvalue weighted by atomic mass is 16.5. The van der Waals surface area contributed by atoms with Crippen molar-refractivity contribution in [2.24, 2.45) is 0 Å². The molecule has 0 aliphatic heterocycles. The lowest BCUT2D eigenvalue weighted by Gasteiger charge is -2.27. The minimum atomic E-state index is 0.581. The van der Waals surface area contributed by atoms with Gasteiger partial charge in [0.2, 0.25) is 0 Å². The molecule has 90 valence electrons. The summed E-state index contributed by atoms with van der Waals surface area (Å²) >= 11 is 0. The molecule has 0 radical (unpaired) electrons. The minimum Gasteiger partial charge on any atom is -0.377 e. The number of likely N-dealkylation sites (N-methyl/N-ethyl adjacent to an activating group) is 2. The van der Waals surface area contributed by atoms with Gasteiger partial charge in [-0.15, -0.1) is 0 Å². The molecular formula is C12H26N2O. The Morgan fingerprint density at radius 1 is 1.27 bits per heavy atom. The zero-order valence-corrected chi connectivity index (χ0v) is 10.3. The molecule has 0 unspecified atom stereocenters. The third kappa shape index (κ3) is 5.50. The van der Waals surface area contributed by atoms with Gasteiger partial charge in [-0.2, -0.15) is 0 Å². The largest absolute Gasteiger partial charge is 0.377 e. The molecule has 0 spiro atoms. The smallest absolute Gasteiger partial charge is 0.0597 e. The molecule has 0 bridgehead atoms.